The third kappa shape index (κ3) is 3.10. The second-order valence-corrected chi connectivity index (χ2v) is 5.88. The summed E-state index contributed by atoms with van der Waals surface area (Å²) < 4.78 is 5.22. The lowest BCUT2D eigenvalue weighted by molar-refractivity contribution is -0.119. The van der Waals surface area contributed by atoms with E-state index in [1.807, 2.05) is 12.1 Å². The molecule has 3 nitrogen and oxygen atoms in total. The maximum absolute atomic E-state index is 11.9. The van der Waals surface area contributed by atoms with Gasteiger partial charge in [-0.15, -0.1) is 0 Å². The maximum Gasteiger partial charge on any atom is 0.229 e. The van der Waals surface area contributed by atoms with Crippen LogP contribution in [0.15, 0.2) is 24.3 Å². The molecule has 0 spiro atoms. The largest absolute Gasteiger partial charge is 0.381 e. The Kier molecular flexibility index (Phi) is 3.71. The highest BCUT2D eigenvalue weighted by molar-refractivity contribution is 5.92. The van der Waals surface area contributed by atoms with Gasteiger partial charge in [-0.3, -0.25) is 4.79 Å². The van der Waals surface area contributed by atoms with Crippen molar-refractivity contribution in [1.82, 2.24) is 0 Å². The highest BCUT2D eigenvalue weighted by Gasteiger charge is 2.23. The van der Waals surface area contributed by atoms with Gasteiger partial charge in [-0.1, -0.05) is 32.9 Å². The quantitative estimate of drug-likeness (QED) is 0.872. The van der Waals surface area contributed by atoms with Crippen molar-refractivity contribution in [3.63, 3.8) is 0 Å². The van der Waals surface area contributed by atoms with E-state index < -0.39 is 0 Å². The molecule has 0 aromatic heterocycles. The summed E-state index contributed by atoms with van der Waals surface area (Å²) in [5.74, 6) is 0.0725. The molecule has 0 saturated carbocycles. The first kappa shape index (κ1) is 13.1. The molecule has 0 bridgehead atoms. The Morgan fingerprint density at radius 3 is 2.44 bits per heavy atom. The Morgan fingerprint density at radius 2 is 1.94 bits per heavy atom. The van der Waals surface area contributed by atoms with Crippen molar-refractivity contribution in [1.29, 1.82) is 0 Å². The fourth-order valence-electron chi connectivity index (χ4n) is 2.04. The van der Waals surface area contributed by atoms with Crippen LogP contribution in [0.25, 0.3) is 0 Å². The normalized spacial score (nSPS) is 19.8. The van der Waals surface area contributed by atoms with Gasteiger partial charge in [0.2, 0.25) is 5.91 Å². The van der Waals surface area contributed by atoms with Crippen LogP contribution in [0.3, 0.4) is 0 Å². The predicted octanol–water partition coefficient (Wildman–Crippen LogP) is 2.96. The summed E-state index contributed by atoms with van der Waals surface area (Å²) in [6.45, 7) is 7.77. The number of carbonyl (C=O) groups is 1. The lowest BCUT2D eigenvalue weighted by atomic mass is 9.87. The molecular weight excluding hydrogens is 226 g/mol. The molecule has 18 heavy (non-hydrogen) atoms. The van der Waals surface area contributed by atoms with Gasteiger partial charge in [-0.05, 0) is 29.5 Å². The van der Waals surface area contributed by atoms with E-state index in [1.54, 1.807) is 0 Å². The first-order chi connectivity index (χ1) is 8.47. The van der Waals surface area contributed by atoms with Gasteiger partial charge in [0.1, 0.15) is 0 Å². The summed E-state index contributed by atoms with van der Waals surface area (Å²) in [6, 6.07) is 8.07. The second-order valence-electron chi connectivity index (χ2n) is 5.88. The number of carbonyl (C=O) groups excluding carboxylic acids is 1. The summed E-state index contributed by atoms with van der Waals surface area (Å²) in [5, 5.41) is 2.94. The molecule has 1 aliphatic rings. The standard InChI is InChI=1S/C15H21NO2/c1-15(2,3)12-4-6-13(7-5-12)16-14(17)11-8-9-18-10-11/h4-7,11H,8-10H2,1-3H3,(H,16,17). The zero-order valence-corrected chi connectivity index (χ0v) is 11.3. The molecule has 1 aromatic rings. The van der Waals surface area contributed by atoms with Crippen molar-refractivity contribution in [3.05, 3.63) is 29.8 Å². The van der Waals surface area contributed by atoms with Gasteiger partial charge in [0.05, 0.1) is 12.5 Å². The van der Waals surface area contributed by atoms with Crippen LogP contribution >= 0.6 is 0 Å². The summed E-state index contributed by atoms with van der Waals surface area (Å²) in [4.78, 5) is 11.9. The second kappa shape index (κ2) is 5.11. The SMILES string of the molecule is CC(C)(C)c1ccc(NC(=O)C2CCOC2)cc1. The Morgan fingerprint density at radius 1 is 1.28 bits per heavy atom. The van der Waals surface area contributed by atoms with Crippen LogP contribution in [0.1, 0.15) is 32.8 Å². The average molecular weight is 247 g/mol. The molecule has 1 amide bonds. The molecular formula is C15H21NO2. The van der Waals surface area contributed by atoms with Crippen LogP contribution in [0.4, 0.5) is 5.69 Å². The van der Waals surface area contributed by atoms with Crippen molar-refractivity contribution in [3.8, 4) is 0 Å². The van der Waals surface area contributed by atoms with E-state index in [0.29, 0.717) is 13.2 Å². The van der Waals surface area contributed by atoms with E-state index in [2.05, 4.69) is 38.2 Å². The molecule has 1 heterocycles. The van der Waals surface area contributed by atoms with E-state index in [4.69, 9.17) is 4.74 Å². The summed E-state index contributed by atoms with van der Waals surface area (Å²) in [6.07, 6.45) is 0.825. The van der Waals surface area contributed by atoms with Crippen molar-refractivity contribution < 1.29 is 9.53 Å². The smallest absolute Gasteiger partial charge is 0.229 e. The minimum atomic E-state index is 0.00675. The number of hydrogen-bond donors (Lipinski definition) is 1. The molecule has 0 aliphatic carbocycles. The van der Waals surface area contributed by atoms with Gasteiger partial charge in [0.15, 0.2) is 0 Å². The van der Waals surface area contributed by atoms with E-state index in [-0.39, 0.29) is 17.2 Å². The van der Waals surface area contributed by atoms with Crippen LogP contribution in [0.5, 0.6) is 0 Å². The van der Waals surface area contributed by atoms with Crippen LogP contribution in [0.2, 0.25) is 0 Å². The Hall–Kier alpha value is -1.35. The van der Waals surface area contributed by atoms with Crippen LogP contribution < -0.4 is 5.32 Å². The highest BCUT2D eigenvalue weighted by atomic mass is 16.5. The number of anilines is 1. The minimum Gasteiger partial charge on any atom is -0.381 e. The van der Waals surface area contributed by atoms with Crippen molar-refractivity contribution in [2.75, 3.05) is 18.5 Å². The van der Waals surface area contributed by atoms with E-state index >= 15 is 0 Å². The van der Waals surface area contributed by atoms with Crippen LogP contribution in [-0.4, -0.2) is 19.1 Å². The van der Waals surface area contributed by atoms with Crippen molar-refractivity contribution in [2.45, 2.75) is 32.6 Å². The highest BCUT2D eigenvalue weighted by Crippen LogP contribution is 2.24. The zero-order valence-electron chi connectivity index (χ0n) is 11.3. The molecule has 0 radical (unpaired) electrons. The zero-order chi connectivity index (χ0) is 13.2. The number of rotatable bonds is 2. The Labute approximate surface area is 109 Å². The van der Waals surface area contributed by atoms with Gasteiger partial charge >= 0.3 is 0 Å². The van der Waals surface area contributed by atoms with E-state index in [1.165, 1.54) is 5.56 Å². The van der Waals surface area contributed by atoms with Crippen molar-refractivity contribution >= 4 is 11.6 Å². The molecule has 1 saturated heterocycles. The van der Waals surface area contributed by atoms with Gasteiger partial charge in [0.25, 0.3) is 0 Å². The molecule has 1 unspecified atom stereocenters. The van der Waals surface area contributed by atoms with E-state index in [0.717, 1.165) is 12.1 Å². The lowest BCUT2D eigenvalue weighted by Gasteiger charge is -2.19. The third-order valence-electron chi connectivity index (χ3n) is 3.32. The fourth-order valence-corrected chi connectivity index (χ4v) is 2.04. The van der Waals surface area contributed by atoms with Crippen molar-refractivity contribution in [2.24, 2.45) is 5.92 Å². The predicted molar refractivity (Wildman–Crippen MR) is 72.7 cm³/mol. The number of amides is 1. The fraction of sp³-hybridized carbons (Fsp3) is 0.533. The monoisotopic (exact) mass is 247 g/mol. The summed E-state index contributed by atoms with van der Waals surface area (Å²) in [5.41, 5.74) is 2.27. The molecule has 1 N–H and O–H groups in total. The Bertz CT molecular complexity index is 411. The first-order valence-electron chi connectivity index (χ1n) is 6.46. The molecule has 2 rings (SSSR count). The molecule has 1 atom stereocenters. The average Bonchev–Trinajstić information content (AvgIpc) is 2.82. The lowest BCUT2D eigenvalue weighted by Crippen LogP contribution is -2.22. The summed E-state index contributed by atoms with van der Waals surface area (Å²) >= 11 is 0. The maximum atomic E-state index is 11.9. The number of hydrogen-bond acceptors (Lipinski definition) is 2. The van der Waals surface area contributed by atoms with E-state index in [9.17, 15) is 4.79 Å². The molecule has 98 valence electrons. The van der Waals surface area contributed by atoms with Gasteiger partial charge in [-0.2, -0.15) is 0 Å². The van der Waals surface area contributed by atoms with Gasteiger partial charge in [-0.25, -0.2) is 0 Å². The molecule has 1 fully saturated rings. The molecule has 1 aliphatic heterocycles. The number of ether oxygens (including phenoxy) is 1. The molecule has 3 heteroatoms. The van der Waals surface area contributed by atoms with Gasteiger partial charge < -0.3 is 10.1 Å². The minimum absolute atomic E-state index is 0.00675. The van der Waals surface area contributed by atoms with Crippen LogP contribution in [0, 0.1) is 5.92 Å². The van der Waals surface area contributed by atoms with Gasteiger partial charge in [0, 0.05) is 12.3 Å². The third-order valence-corrected chi connectivity index (χ3v) is 3.32. The Balaban J connectivity index is 2.00. The summed E-state index contributed by atoms with van der Waals surface area (Å²) in [7, 11) is 0. The molecule has 1 aromatic carbocycles. The number of nitrogens with one attached hydrogen (secondary N) is 1. The number of benzene rings is 1. The topological polar surface area (TPSA) is 38.3 Å². The van der Waals surface area contributed by atoms with Crippen LogP contribution in [-0.2, 0) is 14.9 Å². The first-order valence-corrected chi connectivity index (χ1v) is 6.46.